The first kappa shape index (κ1) is 28.3. The van der Waals surface area contributed by atoms with Gasteiger partial charge < -0.3 is 9.84 Å². The van der Waals surface area contributed by atoms with Crippen LogP contribution in [0.4, 0.5) is 0 Å². The second-order valence-corrected chi connectivity index (χ2v) is 15.2. The van der Waals surface area contributed by atoms with Gasteiger partial charge in [-0.2, -0.15) is 0 Å². The molecule has 4 aliphatic carbocycles. The number of nitrogens with zero attached hydrogens (tertiary/aromatic N) is 1. The third kappa shape index (κ3) is 4.68. The van der Waals surface area contributed by atoms with Crippen LogP contribution in [-0.2, 0) is 22.5 Å². The van der Waals surface area contributed by atoms with E-state index in [9.17, 15) is 9.90 Å². The molecule has 4 heteroatoms. The number of fused-ring (bicyclic) bond motifs is 5. The Morgan fingerprint density at radius 2 is 1.60 bits per heavy atom. The Kier molecular flexibility index (Phi) is 7.17. The average Bonchev–Trinajstić information content (AvgIpc) is 3.35. The first-order valence-corrected chi connectivity index (χ1v) is 16.6. The highest BCUT2D eigenvalue weighted by atomic mass is 16.6. The van der Waals surface area contributed by atoms with Crippen LogP contribution in [0.25, 0.3) is 0 Å². The zero-order valence-corrected chi connectivity index (χ0v) is 25.8. The fourth-order valence-electron chi connectivity index (χ4n) is 10.9. The first-order valence-electron chi connectivity index (χ1n) is 16.6. The number of rotatable bonds is 5. The van der Waals surface area contributed by atoms with E-state index in [4.69, 9.17) is 4.74 Å². The number of hydrogen-bond acceptors (Lipinski definition) is 4. The van der Waals surface area contributed by atoms with Gasteiger partial charge in [0.05, 0.1) is 6.10 Å². The van der Waals surface area contributed by atoms with Crippen LogP contribution in [0.1, 0.15) is 83.3 Å². The number of ether oxygens (including phenoxy) is 1. The van der Waals surface area contributed by atoms with Crippen LogP contribution in [-0.4, -0.2) is 40.3 Å². The number of carbonyl (C=O) groups is 1. The zero-order chi connectivity index (χ0) is 29.1. The maximum Gasteiger partial charge on any atom is 0.324 e. The molecule has 0 bridgehead atoms. The molecule has 4 nitrogen and oxygen atoms in total. The smallest absolute Gasteiger partial charge is 0.324 e. The fraction of sp³-hybridized carbons (Fsp3) is 0.605. The van der Waals surface area contributed by atoms with E-state index in [0.717, 1.165) is 45.2 Å². The molecule has 2 aromatic rings. The summed E-state index contributed by atoms with van der Waals surface area (Å²) in [5.41, 5.74) is 3.90. The Hall–Kier alpha value is -2.43. The van der Waals surface area contributed by atoms with E-state index in [1.807, 2.05) is 6.07 Å². The van der Waals surface area contributed by atoms with Crippen molar-refractivity contribution in [3.8, 4) is 0 Å². The van der Waals surface area contributed by atoms with Gasteiger partial charge in [0.2, 0.25) is 0 Å². The Morgan fingerprint density at radius 3 is 2.33 bits per heavy atom. The van der Waals surface area contributed by atoms with Crippen molar-refractivity contribution in [3.63, 3.8) is 0 Å². The van der Waals surface area contributed by atoms with E-state index in [1.54, 1.807) is 0 Å². The maximum absolute atomic E-state index is 14.0. The lowest BCUT2D eigenvalue weighted by Gasteiger charge is -2.59. The Morgan fingerprint density at radius 1 is 0.881 bits per heavy atom. The zero-order valence-electron chi connectivity index (χ0n) is 25.8. The second-order valence-electron chi connectivity index (χ2n) is 15.2. The normalized spacial score (nSPS) is 41.7. The van der Waals surface area contributed by atoms with Crippen molar-refractivity contribution in [2.24, 2.45) is 34.5 Å². The molecule has 0 radical (unpaired) electrons. The predicted molar refractivity (Wildman–Crippen MR) is 166 cm³/mol. The largest absolute Gasteiger partial charge is 0.457 e. The number of aliphatic hydroxyl groups is 1. The van der Waals surface area contributed by atoms with Crippen molar-refractivity contribution >= 4 is 5.97 Å². The lowest BCUT2D eigenvalue weighted by Crippen LogP contribution is -2.63. The van der Waals surface area contributed by atoms with E-state index in [0.29, 0.717) is 30.1 Å². The average molecular weight is 568 g/mol. The number of aliphatic hydroxyl groups excluding tert-OH is 1. The number of morpholine rings is 1. The summed E-state index contributed by atoms with van der Waals surface area (Å²) in [5, 5.41) is 10.4. The number of benzene rings is 2. The highest BCUT2D eigenvalue weighted by molar-refractivity contribution is 5.77. The van der Waals surface area contributed by atoms with Gasteiger partial charge in [-0.3, -0.25) is 9.69 Å². The van der Waals surface area contributed by atoms with Gasteiger partial charge in [-0.1, -0.05) is 86.2 Å². The number of hydrogen-bond donors (Lipinski definition) is 1. The molecule has 42 heavy (non-hydrogen) atoms. The van der Waals surface area contributed by atoms with Crippen LogP contribution in [0.3, 0.4) is 0 Å². The van der Waals surface area contributed by atoms with Crippen LogP contribution in [0.15, 0.2) is 72.3 Å². The van der Waals surface area contributed by atoms with Crippen molar-refractivity contribution in [1.29, 1.82) is 0 Å². The third-order valence-corrected chi connectivity index (χ3v) is 12.9. The highest BCUT2D eigenvalue weighted by Crippen LogP contribution is 2.68. The van der Waals surface area contributed by atoms with E-state index in [-0.39, 0.29) is 28.9 Å². The molecule has 1 N–H and O–H groups in total. The Bertz CT molecular complexity index is 1320. The molecule has 5 aliphatic rings. The Labute approximate surface area is 252 Å². The standard InChI is InChI=1S/C38H49NO3/c1-36-20-18-29(40)23-28(36)14-15-30-31-16-17-34(37(31,2)21-19-32(30)36)38(3)25-39(24-27-12-8-5-9-13-27)33(35(41)42-38)22-26-10-6-4-7-11-26/h4-14,29-34,40H,15-25H2,1-3H3/t29-,30-,31-,32-,33?,34-,36-,37-,38-/m0/s1. The summed E-state index contributed by atoms with van der Waals surface area (Å²) in [7, 11) is 0. The van der Waals surface area contributed by atoms with Gasteiger partial charge in [-0.05, 0) is 104 Å². The van der Waals surface area contributed by atoms with Crippen molar-refractivity contribution in [3.05, 3.63) is 83.4 Å². The van der Waals surface area contributed by atoms with Crippen LogP contribution >= 0.6 is 0 Å². The lowest BCUT2D eigenvalue weighted by atomic mass is 9.46. The minimum atomic E-state index is -0.496. The van der Waals surface area contributed by atoms with Crippen LogP contribution < -0.4 is 0 Å². The van der Waals surface area contributed by atoms with E-state index in [2.05, 4.69) is 86.3 Å². The number of esters is 1. The van der Waals surface area contributed by atoms with Crippen LogP contribution in [0.2, 0.25) is 0 Å². The SMILES string of the molecule is C[C@]12CC[C@H]3[C@@H](CC=C4C[C@@H](O)CC[C@@]43C)[C@@H]1CC[C@@H]2[C@]1(C)CN(Cc2ccccc2)C(Cc2ccccc2)C(=O)O1. The molecule has 1 aliphatic heterocycles. The number of allylic oxidation sites excluding steroid dienone is 1. The number of carbonyl (C=O) groups excluding carboxylic acids is 1. The van der Waals surface area contributed by atoms with Crippen LogP contribution in [0.5, 0.6) is 0 Å². The molecule has 4 fully saturated rings. The van der Waals surface area contributed by atoms with Crippen molar-refractivity contribution in [1.82, 2.24) is 4.90 Å². The summed E-state index contributed by atoms with van der Waals surface area (Å²) in [6, 6.07) is 20.8. The molecule has 7 rings (SSSR count). The fourth-order valence-corrected chi connectivity index (χ4v) is 10.9. The predicted octanol–water partition coefficient (Wildman–Crippen LogP) is 7.36. The molecule has 2 aromatic carbocycles. The number of cyclic esters (lactones) is 1. The summed E-state index contributed by atoms with van der Waals surface area (Å²) in [6.07, 6.45) is 12.0. The molecule has 3 saturated carbocycles. The molecule has 0 aromatic heterocycles. The van der Waals surface area contributed by atoms with E-state index >= 15 is 0 Å². The van der Waals surface area contributed by atoms with Gasteiger partial charge in [0.25, 0.3) is 0 Å². The van der Waals surface area contributed by atoms with Gasteiger partial charge in [0.15, 0.2) is 0 Å². The second kappa shape index (κ2) is 10.6. The van der Waals surface area contributed by atoms with Gasteiger partial charge >= 0.3 is 5.97 Å². The topological polar surface area (TPSA) is 49.8 Å². The molecular formula is C38H49NO3. The highest BCUT2D eigenvalue weighted by Gasteiger charge is 2.63. The molecule has 1 saturated heterocycles. The Balaban J connectivity index is 1.16. The monoisotopic (exact) mass is 567 g/mol. The summed E-state index contributed by atoms with van der Waals surface area (Å²) in [6.45, 7) is 8.86. The summed E-state index contributed by atoms with van der Waals surface area (Å²) in [5.74, 6) is 2.40. The lowest BCUT2D eigenvalue weighted by molar-refractivity contribution is -0.200. The van der Waals surface area contributed by atoms with Gasteiger partial charge in [0, 0.05) is 19.0 Å². The summed E-state index contributed by atoms with van der Waals surface area (Å²) < 4.78 is 6.66. The minimum Gasteiger partial charge on any atom is -0.457 e. The molecule has 0 amide bonds. The maximum atomic E-state index is 14.0. The molecule has 224 valence electrons. The molecule has 1 unspecified atom stereocenters. The molecule has 1 heterocycles. The van der Waals surface area contributed by atoms with Crippen LogP contribution in [0, 0.1) is 34.5 Å². The molecular weight excluding hydrogens is 518 g/mol. The van der Waals surface area contributed by atoms with Crippen molar-refractivity contribution in [2.75, 3.05) is 6.54 Å². The van der Waals surface area contributed by atoms with E-state index in [1.165, 1.54) is 36.0 Å². The summed E-state index contributed by atoms with van der Waals surface area (Å²) >= 11 is 0. The first-order chi connectivity index (χ1) is 20.2. The van der Waals surface area contributed by atoms with E-state index < -0.39 is 5.60 Å². The van der Waals surface area contributed by atoms with Crippen molar-refractivity contribution < 1.29 is 14.6 Å². The van der Waals surface area contributed by atoms with Gasteiger partial charge in [-0.15, -0.1) is 0 Å². The van der Waals surface area contributed by atoms with Gasteiger partial charge in [0.1, 0.15) is 11.6 Å². The molecule has 9 atom stereocenters. The molecule has 0 spiro atoms. The van der Waals surface area contributed by atoms with Crippen molar-refractivity contribution in [2.45, 2.75) is 103 Å². The minimum absolute atomic E-state index is 0.0530. The quantitative estimate of drug-likeness (QED) is 0.303. The third-order valence-electron chi connectivity index (χ3n) is 12.9. The van der Waals surface area contributed by atoms with Gasteiger partial charge in [-0.25, -0.2) is 0 Å². The summed E-state index contributed by atoms with van der Waals surface area (Å²) in [4.78, 5) is 16.4.